The molecule has 1 rings (SSSR count). The molecule has 0 fully saturated rings. The van der Waals surface area contributed by atoms with Gasteiger partial charge in [0.2, 0.25) is 0 Å². The molecule has 0 amide bonds. The molecule has 1 heterocycles. The van der Waals surface area contributed by atoms with Crippen LogP contribution in [0.4, 0.5) is 0 Å². The largest absolute Gasteiger partial charge is 0.481 e. The molecule has 0 saturated heterocycles. The highest BCUT2D eigenvalue weighted by Gasteiger charge is 2.30. The lowest BCUT2D eigenvalue weighted by atomic mass is 9.99. The molecule has 0 saturated carbocycles. The highest BCUT2D eigenvalue weighted by molar-refractivity contribution is 6.43. The maximum Gasteiger partial charge on any atom is 0.310 e. The number of carbonyl (C=O) groups is 3. The molecular formula is C14H16Cl2O6. The Morgan fingerprint density at radius 3 is 2.32 bits per heavy atom. The Hall–Kier alpha value is -1.53. The number of carboxylic acids is 1. The van der Waals surface area contributed by atoms with E-state index in [0.29, 0.717) is 6.29 Å². The van der Waals surface area contributed by atoms with Crippen LogP contribution in [-0.4, -0.2) is 28.9 Å². The topological polar surface area (TPSA) is 93.8 Å². The minimum absolute atomic E-state index is 0.0114. The van der Waals surface area contributed by atoms with Gasteiger partial charge in [0.15, 0.2) is 12.0 Å². The summed E-state index contributed by atoms with van der Waals surface area (Å²) in [5.41, 5.74) is -0.758. The molecule has 0 spiro atoms. The van der Waals surface area contributed by atoms with Gasteiger partial charge in [0, 0.05) is 6.42 Å². The van der Waals surface area contributed by atoms with E-state index in [9.17, 15) is 14.4 Å². The fraction of sp³-hybridized carbons (Fsp3) is 0.500. The van der Waals surface area contributed by atoms with Gasteiger partial charge in [-0.2, -0.15) is 0 Å². The second-order valence-electron chi connectivity index (χ2n) is 5.67. The van der Waals surface area contributed by atoms with Gasteiger partial charge in [-0.15, -0.1) is 0 Å². The van der Waals surface area contributed by atoms with E-state index in [1.165, 1.54) is 0 Å². The second kappa shape index (κ2) is 7.15. The van der Waals surface area contributed by atoms with Crippen LogP contribution in [0.25, 0.3) is 0 Å². The van der Waals surface area contributed by atoms with Crippen molar-refractivity contribution in [2.75, 3.05) is 0 Å². The first-order chi connectivity index (χ1) is 10.0. The fourth-order valence-corrected chi connectivity index (χ4v) is 2.12. The summed E-state index contributed by atoms with van der Waals surface area (Å²) in [6.45, 7) is 5.01. The van der Waals surface area contributed by atoms with E-state index >= 15 is 0 Å². The van der Waals surface area contributed by atoms with E-state index in [-0.39, 0.29) is 28.0 Å². The van der Waals surface area contributed by atoms with Crippen LogP contribution in [0.5, 0.6) is 0 Å². The molecule has 0 aliphatic carbocycles. The highest BCUT2D eigenvalue weighted by atomic mass is 35.5. The SMILES string of the molecule is CC(C)(C)OC(=O)C(CC(=O)O)Cc1oc(C=O)c(Cl)c1Cl. The molecule has 1 unspecified atom stereocenters. The van der Waals surface area contributed by atoms with Crippen LogP contribution in [0.3, 0.4) is 0 Å². The molecule has 22 heavy (non-hydrogen) atoms. The normalized spacial score (nSPS) is 12.8. The van der Waals surface area contributed by atoms with E-state index in [1.807, 2.05) is 0 Å². The first-order valence-electron chi connectivity index (χ1n) is 6.41. The van der Waals surface area contributed by atoms with Crippen molar-refractivity contribution in [2.24, 2.45) is 5.92 Å². The van der Waals surface area contributed by atoms with Gasteiger partial charge in [0.25, 0.3) is 0 Å². The van der Waals surface area contributed by atoms with Crippen LogP contribution >= 0.6 is 23.2 Å². The van der Waals surface area contributed by atoms with Crippen LogP contribution in [0.2, 0.25) is 10.0 Å². The predicted octanol–water partition coefficient (Wildman–Crippen LogP) is 3.37. The zero-order valence-electron chi connectivity index (χ0n) is 12.3. The average Bonchev–Trinajstić information content (AvgIpc) is 2.63. The molecule has 0 aliphatic heterocycles. The number of ether oxygens (including phenoxy) is 1. The molecule has 1 aromatic heterocycles. The molecule has 0 aliphatic rings. The van der Waals surface area contributed by atoms with E-state index in [0.717, 1.165) is 0 Å². The maximum absolute atomic E-state index is 12.1. The predicted molar refractivity (Wildman–Crippen MR) is 79.4 cm³/mol. The van der Waals surface area contributed by atoms with Gasteiger partial charge < -0.3 is 14.3 Å². The standard InChI is InChI=1S/C14H16Cl2O6/c1-14(2,3)22-13(20)7(5-10(18)19)4-8-11(15)12(16)9(6-17)21-8/h6-7H,4-5H2,1-3H3,(H,18,19). The second-order valence-corrected chi connectivity index (χ2v) is 6.42. The molecule has 0 aromatic carbocycles. The summed E-state index contributed by atoms with van der Waals surface area (Å²) in [5, 5.41) is 8.85. The molecule has 0 radical (unpaired) electrons. The molecule has 1 atom stereocenters. The first kappa shape index (κ1) is 18.5. The number of halogens is 2. The number of esters is 1. The minimum Gasteiger partial charge on any atom is -0.481 e. The summed E-state index contributed by atoms with van der Waals surface area (Å²) >= 11 is 11.7. The molecular weight excluding hydrogens is 335 g/mol. The van der Waals surface area contributed by atoms with Crippen molar-refractivity contribution in [3.63, 3.8) is 0 Å². The molecule has 122 valence electrons. The van der Waals surface area contributed by atoms with Gasteiger partial charge in [-0.05, 0) is 20.8 Å². The Kier molecular flexibility index (Phi) is 6.02. The summed E-state index contributed by atoms with van der Waals surface area (Å²) in [6.07, 6.45) is -0.203. The maximum atomic E-state index is 12.1. The fourth-order valence-electron chi connectivity index (χ4n) is 1.72. The van der Waals surface area contributed by atoms with E-state index in [2.05, 4.69) is 0 Å². The quantitative estimate of drug-likeness (QED) is 0.624. The molecule has 8 heteroatoms. The van der Waals surface area contributed by atoms with Gasteiger partial charge >= 0.3 is 11.9 Å². The van der Waals surface area contributed by atoms with Gasteiger partial charge in [0.05, 0.1) is 12.3 Å². The van der Waals surface area contributed by atoms with E-state index in [4.69, 9.17) is 37.5 Å². The van der Waals surface area contributed by atoms with Crippen LogP contribution < -0.4 is 0 Å². The van der Waals surface area contributed by atoms with Gasteiger partial charge in [0.1, 0.15) is 21.4 Å². The minimum atomic E-state index is -1.17. The Bertz CT molecular complexity index is 585. The van der Waals surface area contributed by atoms with Gasteiger partial charge in [-0.3, -0.25) is 14.4 Å². The van der Waals surface area contributed by atoms with Crippen molar-refractivity contribution in [2.45, 2.75) is 39.2 Å². The Morgan fingerprint density at radius 2 is 1.91 bits per heavy atom. The number of carboxylic acid groups (broad SMARTS) is 1. The van der Waals surface area contributed by atoms with E-state index in [1.54, 1.807) is 20.8 Å². The number of hydrogen-bond acceptors (Lipinski definition) is 5. The molecule has 1 N–H and O–H groups in total. The smallest absolute Gasteiger partial charge is 0.310 e. The van der Waals surface area contributed by atoms with Crippen molar-refractivity contribution >= 4 is 41.4 Å². The summed E-state index contributed by atoms with van der Waals surface area (Å²) < 4.78 is 10.3. The third kappa shape index (κ3) is 5.03. The van der Waals surface area contributed by atoms with E-state index < -0.39 is 29.9 Å². The monoisotopic (exact) mass is 350 g/mol. The summed E-state index contributed by atoms with van der Waals surface area (Å²) in [4.78, 5) is 33.8. The molecule has 6 nitrogen and oxygen atoms in total. The van der Waals surface area contributed by atoms with Gasteiger partial charge in [-0.1, -0.05) is 23.2 Å². The van der Waals surface area contributed by atoms with Gasteiger partial charge in [-0.25, -0.2) is 0 Å². The van der Waals surface area contributed by atoms with Crippen LogP contribution in [0, 0.1) is 5.92 Å². The lowest BCUT2D eigenvalue weighted by Crippen LogP contribution is -2.31. The number of aliphatic carboxylic acids is 1. The van der Waals surface area contributed by atoms with Crippen LogP contribution in [-0.2, 0) is 20.7 Å². The van der Waals surface area contributed by atoms with Crippen molar-refractivity contribution < 1.29 is 28.6 Å². The number of hydrogen-bond donors (Lipinski definition) is 1. The zero-order chi connectivity index (χ0) is 17.1. The van der Waals surface area contributed by atoms with Crippen molar-refractivity contribution in [3.05, 3.63) is 21.6 Å². The number of aldehydes is 1. The van der Waals surface area contributed by atoms with Crippen molar-refractivity contribution in [1.29, 1.82) is 0 Å². The Balaban J connectivity index is 3.01. The summed E-state index contributed by atoms with van der Waals surface area (Å²) in [7, 11) is 0. The number of rotatable bonds is 6. The number of furan rings is 1. The highest BCUT2D eigenvalue weighted by Crippen LogP contribution is 2.33. The molecule has 1 aromatic rings. The third-order valence-corrected chi connectivity index (χ3v) is 3.46. The zero-order valence-corrected chi connectivity index (χ0v) is 13.8. The molecule has 0 bridgehead atoms. The Labute approximate surface area is 137 Å². The summed E-state index contributed by atoms with van der Waals surface area (Å²) in [5.74, 6) is -2.95. The lowest BCUT2D eigenvalue weighted by Gasteiger charge is -2.23. The summed E-state index contributed by atoms with van der Waals surface area (Å²) in [6, 6.07) is 0. The first-order valence-corrected chi connectivity index (χ1v) is 7.17. The Morgan fingerprint density at radius 1 is 1.32 bits per heavy atom. The van der Waals surface area contributed by atoms with Crippen molar-refractivity contribution in [3.8, 4) is 0 Å². The van der Waals surface area contributed by atoms with Crippen molar-refractivity contribution in [1.82, 2.24) is 0 Å². The van der Waals surface area contributed by atoms with Crippen LogP contribution in [0.15, 0.2) is 4.42 Å². The number of carbonyl (C=O) groups excluding carboxylic acids is 2. The average molecular weight is 351 g/mol. The van der Waals surface area contributed by atoms with Crippen LogP contribution in [0.1, 0.15) is 43.5 Å². The third-order valence-electron chi connectivity index (χ3n) is 2.59. The lowest BCUT2D eigenvalue weighted by molar-refractivity contribution is -0.163.